The van der Waals surface area contributed by atoms with E-state index in [0.29, 0.717) is 18.0 Å². The van der Waals surface area contributed by atoms with Gasteiger partial charge in [-0.1, -0.05) is 6.07 Å². The number of carbonyl (C=O) groups is 1. The van der Waals surface area contributed by atoms with Gasteiger partial charge in [0.15, 0.2) is 0 Å². The monoisotopic (exact) mass is 259 g/mol. The van der Waals surface area contributed by atoms with Crippen LogP contribution in [0.3, 0.4) is 0 Å². The third-order valence-electron chi connectivity index (χ3n) is 2.52. The highest BCUT2D eigenvalue weighted by Gasteiger charge is 2.08. The van der Waals surface area contributed by atoms with Crippen LogP contribution in [0.25, 0.3) is 11.5 Å². The maximum atomic E-state index is 11.6. The second-order valence-corrected chi connectivity index (χ2v) is 4.60. The van der Waals surface area contributed by atoms with Crippen LogP contribution in [0.2, 0.25) is 0 Å². The van der Waals surface area contributed by atoms with Crippen LogP contribution in [0.5, 0.6) is 0 Å². The van der Waals surface area contributed by atoms with E-state index in [2.05, 4.69) is 10.3 Å². The van der Waals surface area contributed by atoms with Gasteiger partial charge in [0.25, 0.3) is 0 Å². The van der Waals surface area contributed by atoms with Gasteiger partial charge in [0, 0.05) is 23.7 Å². The molecule has 100 valence electrons. The Balaban J connectivity index is 2.13. The van der Waals surface area contributed by atoms with Gasteiger partial charge in [0.05, 0.1) is 5.69 Å². The maximum absolute atomic E-state index is 11.6. The van der Waals surface area contributed by atoms with Crippen molar-refractivity contribution in [2.45, 2.75) is 26.3 Å². The molecule has 0 bridgehead atoms. The largest absolute Gasteiger partial charge is 0.444 e. The number of aromatic nitrogens is 1. The van der Waals surface area contributed by atoms with E-state index in [4.69, 9.17) is 10.2 Å². The summed E-state index contributed by atoms with van der Waals surface area (Å²) in [5, 5.41) is 2.80. The standard InChI is InChI=1S/C14H17N3O2/c1-9(15)6-13(18)17-12-5-3-4-11(7-12)14-16-10(2)8-19-14/h3-5,7-9H,6,15H2,1-2H3,(H,17,18). The predicted molar refractivity (Wildman–Crippen MR) is 73.6 cm³/mol. The molecule has 1 aromatic heterocycles. The molecule has 1 heterocycles. The second-order valence-electron chi connectivity index (χ2n) is 4.60. The summed E-state index contributed by atoms with van der Waals surface area (Å²) in [6, 6.07) is 7.21. The first-order valence-electron chi connectivity index (χ1n) is 6.12. The molecule has 0 aliphatic heterocycles. The Morgan fingerprint density at radius 1 is 1.53 bits per heavy atom. The zero-order chi connectivity index (χ0) is 13.8. The number of nitrogens with two attached hydrogens (primary N) is 1. The summed E-state index contributed by atoms with van der Waals surface area (Å²) in [4.78, 5) is 15.9. The Morgan fingerprint density at radius 2 is 2.32 bits per heavy atom. The van der Waals surface area contributed by atoms with Gasteiger partial charge >= 0.3 is 0 Å². The molecule has 2 aromatic rings. The van der Waals surface area contributed by atoms with Gasteiger partial charge < -0.3 is 15.5 Å². The summed E-state index contributed by atoms with van der Waals surface area (Å²) in [5.41, 5.74) is 7.94. The molecule has 5 heteroatoms. The second kappa shape index (κ2) is 5.67. The predicted octanol–water partition coefficient (Wildman–Crippen LogP) is 2.33. The minimum atomic E-state index is -0.155. The van der Waals surface area contributed by atoms with E-state index in [1.54, 1.807) is 13.2 Å². The van der Waals surface area contributed by atoms with Gasteiger partial charge in [-0.05, 0) is 32.0 Å². The quantitative estimate of drug-likeness (QED) is 0.883. The van der Waals surface area contributed by atoms with Gasteiger partial charge in [0.1, 0.15) is 6.26 Å². The third-order valence-corrected chi connectivity index (χ3v) is 2.52. The molecule has 0 radical (unpaired) electrons. The summed E-state index contributed by atoms with van der Waals surface area (Å²) < 4.78 is 5.33. The molecule has 0 saturated carbocycles. The van der Waals surface area contributed by atoms with Gasteiger partial charge in [-0.2, -0.15) is 0 Å². The van der Waals surface area contributed by atoms with E-state index in [1.807, 2.05) is 31.2 Å². The van der Waals surface area contributed by atoms with Crippen molar-refractivity contribution in [3.8, 4) is 11.5 Å². The first kappa shape index (κ1) is 13.3. The first-order chi connectivity index (χ1) is 9.04. The molecular weight excluding hydrogens is 242 g/mol. The molecule has 0 fully saturated rings. The van der Waals surface area contributed by atoms with E-state index >= 15 is 0 Å². The number of benzene rings is 1. The molecule has 0 saturated heterocycles. The molecule has 0 aliphatic carbocycles. The molecule has 1 aromatic carbocycles. The Bertz CT molecular complexity index is 576. The summed E-state index contributed by atoms with van der Waals surface area (Å²) >= 11 is 0. The van der Waals surface area contributed by atoms with Crippen molar-refractivity contribution in [2.75, 3.05) is 5.32 Å². The van der Waals surface area contributed by atoms with Gasteiger partial charge in [-0.15, -0.1) is 0 Å². The Kier molecular flexibility index (Phi) is 3.97. The molecule has 1 atom stereocenters. The van der Waals surface area contributed by atoms with Crippen LogP contribution in [0.15, 0.2) is 34.9 Å². The number of hydrogen-bond acceptors (Lipinski definition) is 4. The molecular formula is C14H17N3O2. The van der Waals surface area contributed by atoms with Gasteiger partial charge in [0.2, 0.25) is 11.8 Å². The number of hydrogen-bond donors (Lipinski definition) is 2. The molecule has 19 heavy (non-hydrogen) atoms. The van der Waals surface area contributed by atoms with E-state index < -0.39 is 0 Å². The molecule has 0 spiro atoms. The number of amides is 1. The summed E-state index contributed by atoms with van der Waals surface area (Å²) in [7, 11) is 0. The summed E-state index contributed by atoms with van der Waals surface area (Å²) in [6.45, 7) is 3.66. The molecule has 2 rings (SSSR count). The lowest BCUT2D eigenvalue weighted by Gasteiger charge is -2.07. The van der Waals surface area contributed by atoms with Crippen LogP contribution in [0.4, 0.5) is 5.69 Å². The topological polar surface area (TPSA) is 81.2 Å². The van der Waals surface area contributed by atoms with E-state index in [1.165, 1.54) is 0 Å². The minimum Gasteiger partial charge on any atom is -0.444 e. The Hall–Kier alpha value is -2.14. The van der Waals surface area contributed by atoms with E-state index in [9.17, 15) is 4.79 Å². The van der Waals surface area contributed by atoms with Crippen LogP contribution >= 0.6 is 0 Å². The fraction of sp³-hybridized carbons (Fsp3) is 0.286. The smallest absolute Gasteiger partial charge is 0.226 e. The van der Waals surface area contributed by atoms with Crippen molar-refractivity contribution in [3.63, 3.8) is 0 Å². The number of rotatable bonds is 4. The van der Waals surface area contributed by atoms with Crippen molar-refractivity contribution >= 4 is 11.6 Å². The van der Waals surface area contributed by atoms with Crippen LogP contribution in [0, 0.1) is 6.92 Å². The number of carbonyl (C=O) groups excluding carboxylic acids is 1. The lowest BCUT2D eigenvalue weighted by molar-refractivity contribution is -0.116. The first-order valence-corrected chi connectivity index (χ1v) is 6.12. The highest BCUT2D eigenvalue weighted by molar-refractivity contribution is 5.91. The number of anilines is 1. The lowest BCUT2D eigenvalue weighted by Crippen LogP contribution is -2.23. The van der Waals surface area contributed by atoms with Crippen LogP contribution in [-0.2, 0) is 4.79 Å². The zero-order valence-corrected chi connectivity index (χ0v) is 11.0. The molecule has 1 amide bonds. The minimum absolute atomic E-state index is 0.101. The SMILES string of the molecule is Cc1coc(-c2cccc(NC(=O)CC(C)N)c2)n1. The van der Waals surface area contributed by atoms with Crippen LogP contribution in [-0.4, -0.2) is 16.9 Å². The van der Waals surface area contributed by atoms with Crippen molar-refractivity contribution in [1.29, 1.82) is 0 Å². The summed E-state index contributed by atoms with van der Waals surface area (Å²) in [5.74, 6) is 0.441. The average Bonchev–Trinajstić information content (AvgIpc) is 2.75. The fourth-order valence-electron chi connectivity index (χ4n) is 1.72. The third kappa shape index (κ3) is 3.66. The Labute approximate surface area is 111 Å². The number of nitrogens with one attached hydrogen (secondary N) is 1. The highest BCUT2D eigenvalue weighted by atomic mass is 16.3. The van der Waals surface area contributed by atoms with Crippen molar-refractivity contribution < 1.29 is 9.21 Å². The lowest BCUT2D eigenvalue weighted by atomic mass is 10.2. The van der Waals surface area contributed by atoms with E-state index in [0.717, 1.165) is 11.3 Å². The molecule has 3 N–H and O–H groups in total. The summed E-state index contributed by atoms with van der Waals surface area (Å²) in [6.07, 6.45) is 1.89. The Morgan fingerprint density at radius 3 is 2.95 bits per heavy atom. The van der Waals surface area contributed by atoms with Crippen LogP contribution in [0.1, 0.15) is 19.0 Å². The van der Waals surface area contributed by atoms with E-state index in [-0.39, 0.29) is 11.9 Å². The molecule has 1 unspecified atom stereocenters. The number of aryl methyl sites for hydroxylation is 1. The normalized spacial score (nSPS) is 12.2. The maximum Gasteiger partial charge on any atom is 0.226 e. The van der Waals surface area contributed by atoms with Gasteiger partial charge in [-0.25, -0.2) is 4.98 Å². The van der Waals surface area contributed by atoms with Crippen molar-refractivity contribution in [3.05, 3.63) is 36.2 Å². The number of oxazole rings is 1. The van der Waals surface area contributed by atoms with Crippen molar-refractivity contribution in [1.82, 2.24) is 4.98 Å². The average molecular weight is 259 g/mol. The molecule has 0 aliphatic rings. The zero-order valence-electron chi connectivity index (χ0n) is 11.0. The number of nitrogens with zero attached hydrogens (tertiary/aromatic N) is 1. The molecule has 5 nitrogen and oxygen atoms in total. The van der Waals surface area contributed by atoms with Gasteiger partial charge in [-0.3, -0.25) is 4.79 Å². The van der Waals surface area contributed by atoms with Crippen LogP contribution < -0.4 is 11.1 Å². The highest BCUT2D eigenvalue weighted by Crippen LogP contribution is 2.22. The van der Waals surface area contributed by atoms with Crippen molar-refractivity contribution in [2.24, 2.45) is 5.73 Å². The fourth-order valence-corrected chi connectivity index (χ4v) is 1.72.